The van der Waals surface area contributed by atoms with E-state index in [-0.39, 0.29) is 0 Å². The predicted molar refractivity (Wildman–Crippen MR) is 97.6 cm³/mol. The number of aryl methyl sites for hydroxylation is 2. The highest BCUT2D eigenvalue weighted by atomic mass is 35.5. The summed E-state index contributed by atoms with van der Waals surface area (Å²) in [6.45, 7) is 0. The van der Waals surface area contributed by atoms with Crippen LogP contribution >= 0.6 is 23.2 Å². The molecule has 0 aromatic heterocycles. The maximum Gasteiger partial charge on any atom is 0.122 e. The summed E-state index contributed by atoms with van der Waals surface area (Å²) in [7, 11) is 3.39. The summed E-state index contributed by atoms with van der Waals surface area (Å²) in [6.07, 6.45) is 2.45. The van der Waals surface area contributed by atoms with Crippen molar-refractivity contribution in [2.45, 2.75) is 19.3 Å². The van der Waals surface area contributed by atoms with Crippen molar-refractivity contribution in [3.05, 3.63) is 58.7 Å². The van der Waals surface area contributed by atoms with Gasteiger partial charge in [-0.1, -0.05) is 24.3 Å². The van der Waals surface area contributed by atoms with Gasteiger partial charge in [-0.15, -0.1) is 23.2 Å². The van der Waals surface area contributed by atoms with Crippen LogP contribution in [0.4, 0.5) is 0 Å². The first kappa shape index (κ1) is 18.0. The molecule has 0 bridgehead atoms. The van der Waals surface area contributed by atoms with Crippen LogP contribution in [0.1, 0.15) is 22.3 Å². The van der Waals surface area contributed by atoms with Gasteiger partial charge >= 0.3 is 0 Å². The molecule has 0 saturated carbocycles. The summed E-state index contributed by atoms with van der Waals surface area (Å²) in [4.78, 5) is 0. The molecule has 0 saturated heterocycles. The molecule has 2 nitrogen and oxygen atoms in total. The Hall–Kier alpha value is -1.38. The molecular weight excluding hydrogens is 331 g/mol. The number of rotatable bonds is 8. The van der Waals surface area contributed by atoms with Gasteiger partial charge in [0.25, 0.3) is 0 Å². The van der Waals surface area contributed by atoms with Crippen LogP contribution < -0.4 is 9.47 Å². The lowest BCUT2D eigenvalue weighted by molar-refractivity contribution is 0.405. The molecule has 0 atom stereocenters. The minimum absolute atomic E-state index is 0.611. The van der Waals surface area contributed by atoms with Gasteiger partial charge in [0.05, 0.1) is 14.2 Å². The highest BCUT2D eigenvalue weighted by Gasteiger charge is 2.10. The van der Waals surface area contributed by atoms with Gasteiger partial charge in [-0.05, 0) is 47.2 Å². The van der Waals surface area contributed by atoms with Crippen molar-refractivity contribution in [3.8, 4) is 11.5 Å². The number of methoxy groups -OCH3 is 2. The third-order valence-corrected chi connectivity index (χ3v) is 4.21. The number of alkyl halides is 2. The summed E-state index contributed by atoms with van der Waals surface area (Å²) in [5.74, 6) is 2.99. The average molecular weight is 353 g/mol. The molecule has 4 heteroatoms. The highest BCUT2D eigenvalue weighted by Crippen LogP contribution is 2.28. The Bertz CT molecular complexity index is 586. The van der Waals surface area contributed by atoms with Crippen molar-refractivity contribution < 1.29 is 9.47 Å². The Kier molecular flexibility index (Phi) is 7.07. The smallest absolute Gasteiger partial charge is 0.122 e. The van der Waals surface area contributed by atoms with E-state index in [4.69, 9.17) is 32.7 Å². The first-order valence-corrected chi connectivity index (χ1v) is 8.72. The van der Waals surface area contributed by atoms with E-state index in [1.54, 1.807) is 14.2 Å². The molecule has 0 amide bonds. The quantitative estimate of drug-likeness (QED) is 0.631. The van der Waals surface area contributed by atoms with E-state index in [2.05, 4.69) is 24.3 Å². The molecule has 0 unspecified atom stereocenters. The van der Waals surface area contributed by atoms with Gasteiger partial charge in [0.1, 0.15) is 11.5 Å². The van der Waals surface area contributed by atoms with E-state index in [9.17, 15) is 0 Å². The van der Waals surface area contributed by atoms with E-state index < -0.39 is 0 Å². The first-order valence-electron chi connectivity index (χ1n) is 7.65. The SMILES string of the molecule is COc1ccc(CCCl)cc1Cc1cc(CCCl)ccc1OC. The monoisotopic (exact) mass is 352 g/mol. The molecule has 0 aliphatic carbocycles. The van der Waals surface area contributed by atoms with Crippen molar-refractivity contribution in [2.75, 3.05) is 26.0 Å². The zero-order valence-electron chi connectivity index (χ0n) is 13.6. The Morgan fingerprint density at radius 2 is 1.17 bits per heavy atom. The Morgan fingerprint density at radius 1 is 0.739 bits per heavy atom. The fourth-order valence-electron chi connectivity index (χ4n) is 2.67. The molecular formula is C19H22Cl2O2. The minimum atomic E-state index is 0.611. The third-order valence-electron chi connectivity index (χ3n) is 3.84. The second-order valence-corrected chi connectivity index (χ2v) is 6.10. The molecule has 0 spiro atoms. The lowest BCUT2D eigenvalue weighted by atomic mass is 9.98. The summed E-state index contributed by atoms with van der Waals surface area (Å²) in [5.41, 5.74) is 4.70. The third kappa shape index (κ3) is 4.79. The van der Waals surface area contributed by atoms with E-state index in [0.29, 0.717) is 11.8 Å². The maximum atomic E-state index is 5.86. The molecule has 2 aromatic rings. The number of ether oxygens (including phenoxy) is 2. The van der Waals surface area contributed by atoms with Crippen molar-refractivity contribution in [3.63, 3.8) is 0 Å². The molecule has 2 aromatic carbocycles. The molecule has 0 N–H and O–H groups in total. The van der Waals surface area contributed by atoms with Crippen molar-refractivity contribution >= 4 is 23.2 Å². The Balaban J connectivity index is 2.36. The zero-order chi connectivity index (χ0) is 16.7. The van der Waals surface area contributed by atoms with Gasteiger partial charge in [-0.25, -0.2) is 0 Å². The van der Waals surface area contributed by atoms with Crippen LogP contribution in [0.2, 0.25) is 0 Å². The van der Waals surface area contributed by atoms with Crippen LogP contribution in [-0.2, 0) is 19.3 Å². The van der Waals surface area contributed by atoms with Gasteiger partial charge in [-0.3, -0.25) is 0 Å². The van der Waals surface area contributed by atoms with Crippen LogP contribution in [0, 0.1) is 0 Å². The average Bonchev–Trinajstić information content (AvgIpc) is 2.56. The zero-order valence-corrected chi connectivity index (χ0v) is 15.1. The second kappa shape index (κ2) is 9.05. The van der Waals surface area contributed by atoms with E-state index in [0.717, 1.165) is 41.9 Å². The van der Waals surface area contributed by atoms with E-state index >= 15 is 0 Å². The lowest BCUT2D eigenvalue weighted by Gasteiger charge is -2.14. The molecule has 124 valence electrons. The van der Waals surface area contributed by atoms with Gasteiger partial charge < -0.3 is 9.47 Å². The highest BCUT2D eigenvalue weighted by molar-refractivity contribution is 6.18. The molecule has 0 fully saturated rings. The van der Waals surface area contributed by atoms with Crippen molar-refractivity contribution in [1.29, 1.82) is 0 Å². The Labute approximate surface area is 148 Å². The van der Waals surface area contributed by atoms with Gasteiger partial charge in [0.2, 0.25) is 0 Å². The van der Waals surface area contributed by atoms with Gasteiger partial charge in [-0.2, -0.15) is 0 Å². The van der Waals surface area contributed by atoms with Crippen molar-refractivity contribution in [1.82, 2.24) is 0 Å². The van der Waals surface area contributed by atoms with Crippen LogP contribution in [0.5, 0.6) is 11.5 Å². The summed E-state index contributed by atoms with van der Waals surface area (Å²) in [5, 5.41) is 0. The molecule has 23 heavy (non-hydrogen) atoms. The molecule has 0 heterocycles. The maximum absolute atomic E-state index is 5.86. The normalized spacial score (nSPS) is 10.6. The number of hydrogen-bond donors (Lipinski definition) is 0. The lowest BCUT2D eigenvalue weighted by Crippen LogP contribution is -2.00. The fourth-order valence-corrected chi connectivity index (χ4v) is 3.11. The van der Waals surface area contributed by atoms with Crippen LogP contribution in [-0.4, -0.2) is 26.0 Å². The van der Waals surface area contributed by atoms with E-state index in [1.807, 2.05) is 12.1 Å². The summed E-state index contributed by atoms with van der Waals surface area (Å²) < 4.78 is 11.0. The molecule has 0 radical (unpaired) electrons. The van der Waals surface area contributed by atoms with E-state index in [1.165, 1.54) is 11.1 Å². The Morgan fingerprint density at radius 3 is 1.52 bits per heavy atom. The van der Waals surface area contributed by atoms with Crippen molar-refractivity contribution in [2.24, 2.45) is 0 Å². The second-order valence-electron chi connectivity index (χ2n) is 5.35. The molecule has 0 aliphatic heterocycles. The largest absolute Gasteiger partial charge is 0.496 e. The summed E-state index contributed by atoms with van der Waals surface area (Å²) >= 11 is 11.7. The van der Waals surface area contributed by atoms with Gasteiger partial charge in [0, 0.05) is 18.2 Å². The molecule has 2 rings (SSSR count). The number of hydrogen-bond acceptors (Lipinski definition) is 2. The first-order chi connectivity index (χ1) is 11.2. The standard InChI is InChI=1S/C19H22Cl2O2/c1-22-18-5-3-14(7-9-20)11-16(18)13-17-12-15(8-10-21)4-6-19(17)23-2/h3-6,11-12H,7-10,13H2,1-2H3. The minimum Gasteiger partial charge on any atom is -0.496 e. The van der Waals surface area contributed by atoms with Crippen LogP contribution in [0.25, 0.3) is 0 Å². The van der Waals surface area contributed by atoms with Gasteiger partial charge in [0.15, 0.2) is 0 Å². The summed E-state index contributed by atoms with van der Waals surface area (Å²) in [6, 6.07) is 12.5. The van der Waals surface area contributed by atoms with Crippen LogP contribution in [0.15, 0.2) is 36.4 Å². The predicted octanol–water partition coefficient (Wildman–Crippen LogP) is 4.86. The fraction of sp³-hybridized carbons (Fsp3) is 0.368. The topological polar surface area (TPSA) is 18.5 Å². The molecule has 0 aliphatic rings. The number of halogens is 2. The number of benzene rings is 2. The van der Waals surface area contributed by atoms with Crippen LogP contribution in [0.3, 0.4) is 0 Å².